The summed E-state index contributed by atoms with van der Waals surface area (Å²) in [7, 11) is 1.98. The van der Waals surface area contributed by atoms with Gasteiger partial charge in [-0.05, 0) is 54.9 Å². The summed E-state index contributed by atoms with van der Waals surface area (Å²) in [6.07, 6.45) is 0. The zero-order valence-electron chi connectivity index (χ0n) is 14.3. The first-order valence-electron chi connectivity index (χ1n) is 8.03. The van der Waals surface area contributed by atoms with Crippen LogP contribution in [-0.4, -0.2) is 24.4 Å². The molecular formula is C20H22N2OS. The highest BCUT2D eigenvalue weighted by Gasteiger charge is 2.11. The maximum absolute atomic E-state index is 12.3. The van der Waals surface area contributed by atoms with Crippen LogP contribution in [0.2, 0.25) is 0 Å². The van der Waals surface area contributed by atoms with Crippen LogP contribution in [-0.2, 0) is 11.3 Å². The third-order valence-corrected chi connectivity index (χ3v) is 5.08. The Hall–Kier alpha value is -2.17. The molecule has 0 aliphatic heterocycles. The summed E-state index contributed by atoms with van der Waals surface area (Å²) in [6, 6.07) is 14.5. The van der Waals surface area contributed by atoms with E-state index in [1.165, 1.54) is 21.2 Å². The Morgan fingerprint density at radius 3 is 2.75 bits per heavy atom. The van der Waals surface area contributed by atoms with Crippen molar-refractivity contribution in [1.29, 1.82) is 0 Å². The number of carbonyl (C=O) groups excluding carboxylic acids is 1. The molecule has 0 saturated heterocycles. The quantitative estimate of drug-likeness (QED) is 0.738. The molecule has 1 aromatic heterocycles. The Morgan fingerprint density at radius 2 is 1.96 bits per heavy atom. The average Bonchev–Trinajstić information content (AvgIpc) is 2.93. The van der Waals surface area contributed by atoms with E-state index in [1.807, 2.05) is 31.0 Å². The SMILES string of the molecule is Cc1ccc(NC(=O)CN(C)Cc2csc3ccccc23)c(C)c1. The molecule has 3 nitrogen and oxygen atoms in total. The fraction of sp³-hybridized carbons (Fsp3) is 0.250. The van der Waals surface area contributed by atoms with E-state index < -0.39 is 0 Å². The first kappa shape index (κ1) is 16.7. The largest absolute Gasteiger partial charge is 0.325 e. The lowest BCUT2D eigenvalue weighted by atomic mass is 10.1. The van der Waals surface area contributed by atoms with Crippen molar-refractivity contribution in [1.82, 2.24) is 4.90 Å². The first-order chi connectivity index (χ1) is 11.5. The van der Waals surface area contributed by atoms with Gasteiger partial charge in [0.2, 0.25) is 5.91 Å². The first-order valence-corrected chi connectivity index (χ1v) is 8.91. The number of carbonyl (C=O) groups is 1. The van der Waals surface area contributed by atoms with Crippen molar-refractivity contribution in [3.8, 4) is 0 Å². The number of likely N-dealkylation sites (N-methyl/N-ethyl adjacent to an activating group) is 1. The maximum atomic E-state index is 12.3. The number of fused-ring (bicyclic) bond motifs is 1. The fourth-order valence-electron chi connectivity index (χ4n) is 2.89. The van der Waals surface area contributed by atoms with Gasteiger partial charge in [-0.25, -0.2) is 0 Å². The van der Waals surface area contributed by atoms with Crippen LogP contribution in [0, 0.1) is 13.8 Å². The van der Waals surface area contributed by atoms with Crippen molar-refractivity contribution in [2.24, 2.45) is 0 Å². The van der Waals surface area contributed by atoms with Gasteiger partial charge in [-0.3, -0.25) is 9.69 Å². The summed E-state index contributed by atoms with van der Waals surface area (Å²) >= 11 is 1.75. The van der Waals surface area contributed by atoms with Gasteiger partial charge in [0.05, 0.1) is 6.54 Å². The van der Waals surface area contributed by atoms with Crippen molar-refractivity contribution in [3.63, 3.8) is 0 Å². The number of aryl methyl sites for hydroxylation is 2. The summed E-state index contributed by atoms with van der Waals surface area (Å²) in [4.78, 5) is 14.4. The highest BCUT2D eigenvalue weighted by Crippen LogP contribution is 2.26. The molecule has 3 aromatic rings. The number of nitrogens with one attached hydrogen (secondary N) is 1. The smallest absolute Gasteiger partial charge is 0.238 e. The van der Waals surface area contributed by atoms with E-state index in [-0.39, 0.29) is 5.91 Å². The number of benzene rings is 2. The monoisotopic (exact) mass is 338 g/mol. The molecule has 4 heteroatoms. The predicted octanol–water partition coefficient (Wildman–Crippen LogP) is 4.59. The molecule has 0 aliphatic carbocycles. The number of anilines is 1. The number of amides is 1. The van der Waals surface area contributed by atoms with Crippen LogP contribution in [0.15, 0.2) is 47.8 Å². The fourth-order valence-corrected chi connectivity index (χ4v) is 3.84. The highest BCUT2D eigenvalue weighted by atomic mass is 32.1. The third kappa shape index (κ3) is 3.83. The molecule has 0 radical (unpaired) electrons. The molecule has 0 bridgehead atoms. The van der Waals surface area contributed by atoms with Crippen LogP contribution < -0.4 is 5.32 Å². The predicted molar refractivity (Wildman–Crippen MR) is 103 cm³/mol. The molecule has 0 atom stereocenters. The molecule has 1 N–H and O–H groups in total. The van der Waals surface area contributed by atoms with Crippen LogP contribution in [0.4, 0.5) is 5.69 Å². The summed E-state index contributed by atoms with van der Waals surface area (Å²) in [6.45, 7) is 5.21. The van der Waals surface area contributed by atoms with Gasteiger partial charge < -0.3 is 5.32 Å². The van der Waals surface area contributed by atoms with Crippen molar-refractivity contribution >= 4 is 33.0 Å². The van der Waals surface area contributed by atoms with Gasteiger partial charge >= 0.3 is 0 Å². The van der Waals surface area contributed by atoms with Gasteiger partial charge in [-0.1, -0.05) is 35.9 Å². The van der Waals surface area contributed by atoms with Crippen molar-refractivity contribution in [2.45, 2.75) is 20.4 Å². The summed E-state index contributed by atoms with van der Waals surface area (Å²) in [5.74, 6) is 0.0176. The molecule has 0 saturated carbocycles. The van der Waals surface area contributed by atoms with Gasteiger partial charge in [-0.15, -0.1) is 11.3 Å². The van der Waals surface area contributed by atoms with E-state index in [9.17, 15) is 4.79 Å². The lowest BCUT2D eigenvalue weighted by molar-refractivity contribution is -0.117. The minimum atomic E-state index is 0.0176. The third-order valence-electron chi connectivity index (χ3n) is 4.07. The lowest BCUT2D eigenvalue weighted by Gasteiger charge is -2.17. The molecule has 2 aromatic carbocycles. The highest BCUT2D eigenvalue weighted by molar-refractivity contribution is 7.17. The zero-order valence-corrected chi connectivity index (χ0v) is 15.1. The van der Waals surface area contributed by atoms with Crippen LogP contribution in [0.5, 0.6) is 0 Å². The molecule has 0 spiro atoms. The molecule has 0 aliphatic rings. The Morgan fingerprint density at radius 1 is 1.17 bits per heavy atom. The Kier molecular flexibility index (Phi) is 4.97. The molecule has 124 valence electrons. The van der Waals surface area contributed by atoms with Crippen LogP contribution in [0.3, 0.4) is 0 Å². The normalized spacial score (nSPS) is 11.2. The molecule has 0 unspecified atom stereocenters. The number of nitrogens with zero attached hydrogens (tertiary/aromatic N) is 1. The molecule has 1 heterocycles. The Balaban J connectivity index is 1.62. The van der Waals surface area contributed by atoms with Gasteiger partial charge in [-0.2, -0.15) is 0 Å². The lowest BCUT2D eigenvalue weighted by Crippen LogP contribution is -2.30. The van der Waals surface area contributed by atoms with Crippen molar-refractivity contribution < 1.29 is 4.79 Å². The topological polar surface area (TPSA) is 32.3 Å². The van der Waals surface area contributed by atoms with Crippen LogP contribution in [0.1, 0.15) is 16.7 Å². The number of thiophene rings is 1. The summed E-state index contributed by atoms with van der Waals surface area (Å²) < 4.78 is 1.29. The van der Waals surface area contributed by atoms with E-state index in [2.05, 4.69) is 48.0 Å². The molecule has 0 fully saturated rings. The number of hydrogen-bond acceptors (Lipinski definition) is 3. The van der Waals surface area contributed by atoms with Crippen molar-refractivity contribution in [3.05, 3.63) is 64.5 Å². The minimum absolute atomic E-state index is 0.0176. The van der Waals surface area contributed by atoms with Crippen LogP contribution >= 0.6 is 11.3 Å². The van der Waals surface area contributed by atoms with Gasteiger partial charge in [0.1, 0.15) is 0 Å². The Labute approximate surface area is 146 Å². The number of rotatable bonds is 5. The average molecular weight is 338 g/mol. The summed E-state index contributed by atoms with van der Waals surface area (Å²) in [5.41, 5.74) is 4.46. The minimum Gasteiger partial charge on any atom is -0.325 e. The number of hydrogen-bond donors (Lipinski definition) is 1. The van der Waals surface area contributed by atoms with Gasteiger partial charge in [0, 0.05) is 16.9 Å². The zero-order chi connectivity index (χ0) is 17.1. The second-order valence-corrected chi connectivity index (χ2v) is 7.21. The second kappa shape index (κ2) is 7.16. The van der Waals surface area contributed by atoms with E-state index >= 15 is 0 Å². The van der Waals surface area contributed by atoms with Gasteiger partial charge in [0.25, 0.3) is 0 Å². The van der Waals surface area contributed by atoms with Crippen molar-refractivity contribution in [2.75, 3.05) is 18.9 Å². The van der Waals surface area contributed by atoms with E-state index in [1.54, 1.807) is 11.3 Å². The molecule has 3 rings (SSSR count). The van der Waals surface area contributed by atoms with E-state index in [4.69, 9.17) is 0 Å². The standard InChI is InChI=1S/C20H22N2OS/c1-14-8-9-18(15(2)10-14)21-20(23)12-22(3)11-16-13-24-19-7-5-4-6-17(16)19/h4-10,13H,11-12H2,1-3H3,(H,21,23). The second-order valence-electron chi connectivity index (χ2n) is 6.30. The van der Waals surface area contributed by atoms with E-state index in [0.717, 1.165) is 17.8 Å². The molecule has 24 heavy (non-hydrogen) atoms. The summed E-state index contributed by atoms with van der Waals surface area (Å²) in [5, 5.41) is 6.47. The molecule has 1 amide bonds. The van der Waals surface area contributed by atoms with Crippen LogP contribution in [0.25, 0.3) is 10.1 Å². The van der Waals surface area contributed by atoms with Gasteiger partial charge in [0.15, 0.2) is 0 Å². The van der Waals surface area contributed by atoms with E-state index in [0.29, 0.717) is 6.54 Å². The Bertz CT molecular complexity index is 869. The molecular weight excluding hydrogens is 316 g/mol. The maximum Gasteiger partial charge on any atom is 0.238 e.